The normalized spacial score (nSPS) is 12.4. The van der Waals surface area contributed by atoms with Gasteiger partial charge in [-0.15, -0.1) is 0 Å². The van der Waals surface area contributed by atoms with Gasteiger partial charge in [-0.1, -0.05) is 37.6 Å². The average Bonchev–Trinajstić information content (AvgIpc) is 2.63. The Morgan fingerprint density at radius 3 is 2.21 bits per heavy atom. The highest BCUT2D eigenvalue weighted by Gasteiger charge is 2.25. The predicted octanol–water partition coefficient (Wildman–Crippen LogP) is 3.96. The van der Waals surface area contributed by atoms with Crippen molar-refractivity contribution in [1.82, 2.24) is 4.31 Å². The second kappa shape index (κ2) is 9.34. The summed E-state index contributed by atoms with van der Waals surface area (Å²) in [6.45, 7) is 7.63. The van der Waals surface area contributed by atoms with Gasteiger partial charge in [0.15, 0.2) is 0 Å². The van der Waals surface area contributed by atoms with Gasteiger partial charge in [0.1, 0.15) is 10.6 Å². The number of benzene rings is 2. The van der Waals surface area contributed by atoms with Crippen molar-refractivity contribution in [2.24, 2.45) is 0 Å². The second-order valence-corrected chi connectivity index (χ2v) is 10.4. The number of anilines is 1. The summed E-state index contributed by atoms with van der Waals surface area (Å²) in [5, 5.41) is 0.0539. The summed E-state index contributed by atoms with van der Waals surface area (Å²) < 4.78 is 60.8. The Kier molecular flexibility index (Phi) is 7.56. The molecule has 0 unspecified atom stereocenters. The van der Waals surface area contributed by atoms with Crippen LogP contribution in [0.25, 0.3) is 0 Å². The maximum atomic E-state index is 12.9. The van der Waals surface area contributed by atoms with Crippen LogP contribution in [0.5, 0.6) is 5.75 Å². The molecule has 0 spiro atoms. The Hall–Kier alpha value is -1.81. The van der Waals surface area contributed by atoms with E-state index < -0.39 is 20.0 Å². The van der Waals surface area contributed by atoms with Crippen molar-refractivity contribution < 1.29 is 21.6 Å². The van der Waals surface area contributed by atoms with Crippen LogP contribution in [0.15, 0.2) is 52.3 Å². The van der Waals surface area contributed by atoms with E-state index in [0.29, 0.717) is 13.1 Å². The lowest BCUT2D eigenvalue weighted by Crippen LogP contribution is -2.30. The van der Waals surface area contributed by atoms with Gasteiger partial charge in [0.05, 0.1) is 21.7 Å². The average molecular weight is 461 g/mol. The van der Waals surface area contributed by atoms with Gasteiger partial charge in [-0.3, -0.25) is 4.72 Å². The molecule has 0 radical (unpaired) electrons. The SMILES string of the molecule is CCN(CC)S(=O)(=O)c1ccc(OC(C)C)c(NS(=O)(=O)c2ccccc2Cl)c1. The first-order valence-corrected chi connectivity index (χ1v) is 12.4. The highest BCUT2D eigenvalue weighted by atomic mass is 35.5. The first-order valence-electron chi connectivity index (χ1n) is 9.11. The molecular formula is C19H25ClN2O5S2. The minimum Gasteiger partial charge on any atom is -0.489 e. The van der Waals surface area contributed by atoms with E-state index >= 15 is 0 Å². The van der Waals surface area contributed by atoms with E-state index in [-0.39, 0.29) is 32.4 Å². The Morgan fingerprint density at radius 2 is 1.66 bits per heavy atom. The molecule has 0 amide bonds. The van der Waals surface area contributed by atoms with Crippen LogP contribution in [0.4, 0.5) is 5.69 Å². The maximum Gasteiger partial charge on any atom is 0.263 e. The molecule has 0 aliphatic rings. The van der Waals surface area contributed by atoms with Gasteiger partial charge in [-0.05, 0) is 44.2 Å². The fourth-order valence-electron chi connectivity index (χ4n) is 2.68. The monoisotopic (exact) mass is 460 g/mol. The number of halogens is 1. The minimum atomic E-state index is -4.07. The Morgan fingerprint density at radius 1 is 1.03 bits per heavy atom. The van der Waals surface area contributed by atoms with Crippen LogP contribution in [-0.2, 0) is 20.0 Å². The molecule has 0 saturated heterocycles. The molecule has 0 aromatic heterocycles. The van der Waals surface area contributed by atoms with E-state index in [1.54, 1.807) is 39.8 Å². The highest BCUT2D eigenvalue weighted by Crippen LogP contribution is 2.33. The number of rotatable bonds is 9. The molecule has 1 N–H and O–H groups in total. The van der Waals surface area contributed by atoms with Crippen LogP contribution >= 0.6 is 11.6 Å². The van der Waals surface area contributed by atoms with Gasteiger partial charge in [-0.25, -0.2) is 16.8 Å². The highest BCUT2D eigenvalue weighted by molar-refractivity contribution is 7.93. The zero-order valence-corrected chi connectivity index (χ0v) is 19.1. The lowest BCUT2D eigenvalue weighted by atomic mass is 10.3. The molecule has 0 bridgehead atoms. The van der Waals surface area contributed by atoms with E-state index in [0.717, 1.165) is 0 Å². The summed E-state index contributed by atoms with van der Waals surface area (Å²) in [5.74, 6) is 0.217. The quantitative estimate of drug-likeness (QED) is 0.611. The van der Waals surface area contributed by atoms with Crippen LogP contribution in [0.3, 0.4) is 0 Å². The van der Waals surface area contributed by atoms with Gasteiger partial charge in [0.2, 0.25) is 10.0 Å². The minimum absolute atomic E-state index is 0.0202. The molecule has 0 aliphatic heterocycles. The molecule has 7 nitrogen and oxygen atoms in total. The number of nitrogens with one attached hydrogen (secondary N) is 1. The molecule has 0 atom stereocenters. The van der Waals surface area contributed by atoms with E-state index in [9.17, 15) is 16.8 Å². The van der Waals surface area contributed by atoms with Crippen molar-refractivity contribution in [3.63, 3.8) is 0 Å². The summed E-state index contributed by atoms with van der Waals surface area (Å²) in [5.41, 5.74) is 0.0202. The summed E-state index contributed by atoms with van der Waals surface area (Å²) in [6, 6.07) is 10.1. The third-order valence-corrected chi connectivity index (χ3v) is 7.94. The lowest BCUT2D eigenvalue weighted by Gasteiger charge is -2.21. The van der Waals surface area contributed by atoms with E-state index in [1.807, 2.05) is 0 Å². The molecule has 0 aliphatic carbocycles. The summed E-state index contributed by atoms with van der Waals surface area (Å²) in [4.78, 5) is -0.150. The molecule has 10 heteroatoms. The van der Waals surface area contributed by atoms with Crippen molar-refractivity contribution in [2.45, 2.75) is 43.6 Å². The number of hydrogen-bond acceptors (Lipinski definition) is 5. The van der Waals surface area contributed by atoms with Crippen LogP contribution in [-0.4, -0.2) is 40.3 Å². The molecule has 2 aromatic carbocycles. The zero-order chi connectivity index (χ0) is 21.8. The number of ether oxygens (including phenoxy) is 1. The number of hydrogen-bond donors (Lipinski definition) is 1. The largest absolute Gasteiger partial charge is 0.489 e. The topological polar surface area (TPSA) is 92.8 Å². The molecular weight excluding hydrogens is 436 g/mol. The summed E-state index contributed by atoms with van der Waals surface area (Å²) >= 11 is 6.03. The summed E-state index contributed by atoms with van der Waals surface area (Å²) in [7, 11) is -7.85. The van der Waals surface area contributed by atoms with Crippen LogP contribution in [0.2, 0.25) is 5.02 Å². The zero-order valence-electron chi connectivity index (χ0n) is 16.7. The van der Waals surface area contributed by atoms with Crippen molar-refractivity contribution in [3.8, 4) is 5.75 Å². The van der Waals surface area contributed by atoms with Crippen molar-refractivity contribution in [3.05, 3.63) is 47.5 Å². The van der Waals surface area contributed by atoms with Gasteiger partial charge in [0.25, 0.3) is 10.0 Å². The Balaban J connectivity index is 2.57. The molecule has 2 rings (SSSR count). The predicted molar refractivity (Wildman–Crippen MR) is 115 cm³/mol. The van der Waals surface area contributed by atoms with E-state index in [4.69, 9.17) is 16.3 Å². The Bertz CT molecular complexity index is 1070. The first-order chi connectivity index (χ1) is 13.5. The van der Waals surface area contributed by atoms with Crippen LogP contribution < -0.4 is 9.46 Å². The molecule has 0 fully saturated rings. The Labute approximate surface area is 177 Å². The smallest absolute Gasteiger partial charge is 0.263 e. The van der Waals surface area contributed by atoms with Gasteiger partial charge in [0, 0.05) is 13.1 Å². The second-order valence-electron chi connectivity index (χ2n) is 6.45. The standard InChI is InChI=1S/C19H25ClN2O5S2/c1-5-22(6-2)29(25,26)15-11-12-18(27-14(3)4)17(13-15)21-28(23,24)19-10-8-7-9-16(19)20/h7-14,21H,5-6H2,1-4H3. The number of nitrogens with zero attached hydrogens (tertiary/aromatic N) is 1. The van der Waals surface area contributed by atoms with Crippen molar-refractivity contribution in [2.75, 3.05) is 17.8 Å². The van der Waals surface area contributed by atoms with Gasteiger partial charge >= 0.3 is 0 Å². The van der Waals surface area contributed by atoms with Crippen LogP contribution in [0, 0.1) is 0 Å². The summed E-state index contributed by atoms with van der Waals surface area (Å²) in [6.07, 6.45) is -0.246. The third-order valence-electron chi connectivity index (χ3n) is 4.03. The van der Waals surface area contributed by atoms with Crippen LogP contribution in [0.1, 0.15) is 27.7 Å². The van der Waals surface area contributed by atoms with E-state index in [2.05, 4.69) is 4.72 Å². The van der Waals surface area contributed by atoms with E-state index in [1.165, 1.54) is 34.6 Å². The van der Waals surface area contributed by atoms with Gasteiger partial charge in [-0.2, -0.15) is 4.31 Å². The third kappa shape index (κ3) is 5.42. The molecule has 0 heterocycles. The molecule has 0 saturated carbocycles. The number of sulfonamides is 2. The molecule has 2 aromatic rings. The molecule has 29 heavy (non-hydrogen) atoms. The molecule has 160 valence electrons. The van der Waals surface area contributed by atoms with Crippen molar-refractivity contribution >= 4 is 37.3 Å². The first kappa shape index (κ1) is 23.5. The fraction of sp³-hybridized carbons (Fsp3) is 0.368. The lowest BCUT2D eigenvalue weighted by molar-refractivity contribution is 0.243. The maximum absolute atomic E-state index is 12.9. The van der Waals surface area contributed by atoms with Gasteiger partial charge < -0.3 is 4.74 Å². The fourth-order valence-corrected chi connectivity index (χ4v) is 5.75. The van der Waals surface area contributed by atoms with Crippen molar-refractivity contribution in [1.29, 1.82) is 0 Å².